The maximum atomic E-state index is 6.26. The Kier molecular flexibility index (Phi) is 3.26. The van der Waals surface area contributed by atoms with Crippen molar-refractivity contribution in [3.8, 4) is 16.8 Å². The standard InChI is InChI=1S/C26H16N2OS/c1-4-11-24-19(6-1)20-8-5-7-18(25(20)29-24)16-12-13-22-17(14-16)15-30-26-27-21-9-2-3-10-23(21)28(22)26/h1-14H,15H2. The molecule has 7 rings (SSSR count). The highest BCUT2D eigenvalue weighted by atomic mass is 32.2. The van der Waals surface area contributed by atoms with Crippen molar-refractivity contribution in [1.82, 2.24) is 9.55 Å². The number of nitrogens with zero attached hydrogens (tertiary/aromatic N) is 2. The normalized spacial score (nSPS) is 13.1. The summed E-state index contributed by atoms with van der Waals surface area (Å²) in [5, 5.41) is 3.39. The van der Waals surface area contributed by atoms with Gasteiger partial charge in [0.2, 0.25) is 0 Å². The lowest BCUT2D eigenvalue weighted by Gasteiger charge is -2.19. The third-order valence-corrected chi connectivity index (χ3v) is 6.91. The van der Waals surface area contributed by atoms with Gasteiger partial charge in [0.25, 0.3) is 0 Å². The van der Waals surface area contributed by atoms with Crippen molar-refractivity contribution >= 4 is 44.7 Å². The third kappa shape index (κ3) is 2.20. The quantitative estimate of drug-likeness (QED) is 0.290. The van der Waals surface area contributed by atoms with Gasteiger partial charge in [-0.1, -0.05) is 66.4 Å². The number of imidazole rings is 1. The van der Waals surface area contributed by atoms with E-state index in [-0.39, 0.29) is 0 Å². The van der Waals surface area contributed by atoms with Gasteiger partial charge in [-0.3, -0.25) is 4.57 Å². The van der Waals surface area contributed by atoms with Crippen molar-refractivity contribution in [1.29, 1.82) is 0 Å². The van der Waals surface area contributed by atoms with E-state index in [0.717, 1.165) is 49.4 Å². The SMILES string of the molecule is c1ccc2c(c1)nc1n2-c2ccc(-c3cccc4c3oc3ccccc34)cc2CS1. The van der Waals surface area contributed by atoms with Crippen molar-refractivity contribution in [3.05, 3.63) is 90.5 Å². The molecule has 3 nitrogen and oxygen atoms in total. The minimum atomic E-state index is 0.919. The molecule has 0 amide bonds. The molecule has 1 aliphatic rings. The van der Waals surface area contributed by atoms with Crippen LogP contribution in [-0.2, 0) is 5.75 Å². The summed E-state index contributed by atoms with van der Waals surface area (Å²) in [4.78, 5) is 4.81. The van der Waals surface area contributed by atoms with Gasteiger partial charge in [0.05, 0.1) is 16.7 Å². The molecule has 4 heteroatoms. The molecule has 3 heterocycles. The van der Waals surface area contributed by atoms with Crippen LogP contribution in [0.2, 0.25) is 0 Å². The Hall–Kier alpha value is -3.50. The van der Waals surface area contributed by atoms with Crippen LogP contribution in [0.3, 0.4) is 0 Å². The number of thioether (sulfide) groups is 1. The van der Waals surface area contributed by atoms with Gasteiger partial charge in [-0.25, -0.2) is 4.98 Å². The summed E-state index contributed by atoms with van der Waals surface area (Å²) in [7, 11) is 0. The number of furan rings is 1. The molecule has 0 N–H and O–H groups in total. The number of fused-ring (bicyclic) bond motifs is 8. The lowest BCUT2D eigenvalue weighted by molar-refractivity contribution is 0.670. The monoisotopic (exact) mass is 404 g/mol. The molecule has 0 unspecified atom stereocenters. The maximum Gasteiger partial charge on any atom is 0.174 e. The van der Waals surface area contributed by atoms with Gasteiger partial charge in [0, 0.05) is 22.1 Å². The fraction of sp³-hybridized carbons (Fsp3) is 0.0385. The fourth-order valence-corrected chi connectivity index (χ4v) is 5.54. The Morgan fingerprint density at radius 3 is 2.70 bits per heavy atom. The summed E-state index contributed by atoms with van der Waals surface area (Å²) < 4.78 is 8.55. The van der Waals surface area contributed by atoms with Crippen molar-refractivity contribution < 1.29 is 4.42 Å². The van der Waals surface area contributed by atoms with Crippen molar-refractivity contribution in [2.45, 2.75) is 10.9 Å². The lowest BCUT2D eigenvalue weighted by Crippen LogP contribution is -2.05. The summed E-state index contributed by atoms with van der Waals surface area (Å²) in [6, 6.07) is 29.7. The Bertz CT molecular complexity index is 1610. The molecule has 30 heavy (non-hydrogen) atoms. The van der Waals surface area contributed by atoms with Crippen LogP contribution in [0.25, 0.3) is 49.8 Å². The van der Waals surface area contributed by atoms with Gasteiger partial charge in [0.1, 0.15) is 11.2 Å². The Morgan fingerprint density at radius 1 is 0.833 bits per heavy atom. The van der Waals surface area contributed by atoms with Gasteiger partial charge >= 0.3 is 0 Å². The molecular formula is C26H16N2OS. The number of aromatic nitrogens is 2. The highest BCUT2D eigenvalue weighted by molar-refractivity contribution is 7.98. The maximum absolute atomic E-state index is 6.26. The summed E-state index contributed by atoms with van der Waals surface area (Å²) in [6.07, 6.45) is 0. The van der Waals surface area contributed by atoms with Crippen LogP contribution in [0.1, 0.15) is 5.56 Å². The molecule has 2 aromatic heterocycles. The largest absolute Gasteiger partial charge is 0.455 e. The van der Waals surface area contributed by atoms with E-state index >= 15 is 0 Å². The first-order valence-electron chi connectivity index (χ1n) is 10.0. The minimum Gasteiger partial charge on any atom is -0.455 e. The van der Waals surface area contributed by atoms with E-state index in [1.807, 2.05) is 18.2 Å². The molecule has 0 bridgehead atoms. The number of rotatable bonds is 1. The zero-order chi connectivity index (χ0) is 19.7. The second-order valence-electron chi connectivity index (χ2n) is 7.63. The zero-order valence-electron chi connectivity index (χ0n) is 16.0. The molecule has 4 aromatic carbocycles. The predicted octanol–water partition coefficient (Wildman–Crippen LogP) is 7.20. The smallest absolute Gasteiger partial charge is 0.174 e. The highest BCUT2D eigenvalue weighted by Gasteiger charge is 2.21. The van der Waals surface area contributed by atoms with Crippen molar-refractivity contribution in [2.75, 3.05) is 0 Å². The van der Waals surface area contributed by atoms with E-state index in [1.54, 1.807) is 11.8 Å². The molecule has 1 aliphatic heterocycles. The number of benzene rings is 4. The number of hydrogen-bond acceptors (Lipinski definition) is 3. The van der Waals surface area contributed by atoms with Gasteiger partial charge in [0.15, 0.2) is 5.16 Å². The topological polar surface area (TPSA) is 31.0 Å². The summed E-state index contributed by atoms with van der Waals surface area (Å²) in [5.74, 6) is 0.919. The van der Waals surface area contributed by atoms with Gasteiger partial charge in [-0.15, -0.1) is 0 Å². The second-order valence-corrected chi connectivity index (χ2v) is 8.57. The molecule has 142 valence electrons. The van der Waals surface area contributed by atoms with Crippen LogP contribution >= 0.6 is 11.8 Å². The number of para-hydroxylation sites is 4. The molecule has 0 radical (unpaired) electrons. The van der Waals surface area contributed by atoms with E-state index in [1.165, 1.54) is 16.8 Å². The first kappa shape index (κ1) is 16.3. The second kappa shape index (κ2) is 6.00. The van der Waals surface area contributed by atoms with Crippen LogP contribution in [0.4, 0.5) is 0 Å². The molecule has 0 saturated heterocycles. The van der Waals surface area contributed by atoms with Gasteiger partial charge < -0.3 is 4.42 Å². The highest BCUT2D eigenvalue weighted by Crippen LogP contribution is 2.40. The zero-order valence-corrected chi connectivity index (χ0v) is 16.8. The van der Waals surface area contributed by atoms with Crippen molar-refractivity contribution in [2.24, 2.45) is 0 Å². The predicted molar refractivity (Wildman–Crippen MR) is 123 cm³/mol. The molecule has 0 spiro atoms. The molecular weight excluding hydrogens is 388 g/mol. The van der Waals surface area contributed by atoms with E-state index in [0.29, 0.717) is 0 Å². The van der Waals surface area contributed by atoms with E-state index in [4.69, 9.17) is 9.40 Å². The van der Waals surface area contributed by atoms with Crippen LogP contribution in [0, 0.1) is 0 Å². The summed E-state index contributed by atoms with van der Waals surface area (Å²) >= 11 is 1.80. The van der Waals surface area contributed by atoms with E-state index < -0.39 is 0 Å². The van der Waals surface area contributed by atoms with E-state index in [2.05, 4.69) is 71.3 Å². The molecule has 0 atom stereocenters. The fourth-order valence-electron chi connectivity index (χ4n) is 4.54. The molecule has 0 saturated carbocycles. The molecule has 0 aliphatic carbocycles. The van der Waals surface area contributed by atoms with Gasteiger partial charge in [-0.2, -0.15) is 0 Å². The van der Waals surface area contributed by atoms with E-state index in [9.17, 15) is 0 Å². The lowest BCUT2D eigenvalue weighted by atomic mass is 10.00. The van der Waals surface area contributed by atoms with Crippen molar-refractivity contribution in [3.63, 3.8) is 0 Å². The Morgan fingerprint density at radius 2 is 1.70 bits per heavy atom. The molecule has 0 fully saturated rings. The summed E-state index contributed by atoms with van der Waals surface area (Å²) in [6.45, 7) is 0. The first-order valence-corrected chi connectivity index (χ1v) is 11.0. The van der Waals surface area contributed by atoms with Crippen LogP contribution in [0.5, 0.6) is 0 Å². The van der Waals surface area contributed by atoms with Gasteiger partial charge in [-0.05, 0) is 41.5 Å². The van der Waals surface area contributed by atoms with Crippen LogP contribution < -0.4 is 0 Å². The van der Waals surface area contributed by atoms with Crippen LogP contribution in [-0.4, -0.2) is 9.55 Å². The number of hydrogen-bond donors (Lipinski definition) is 0. The minimum absolute atomic E-state index is 0.919. The average Bonchev–Trinajstić information content (AvgIpc) is 3.37. The Labute approximate surface area is 177 Å². The van der Waals surface area contributed by atoms with Crippen LogP contribution in [0.15, 0.2) is 94.5 Å². The third-order valence-electron chi connectivity index (χ3n) is 5.92. The first-order chi connectivity index (χ1) is 14.9. The summed E-state index contributed by atoms with van der Waals surface area (Å²) in [5.41, 5.74) is 8.96. The average molecular weight is 404 g/mol. The molecule has 6 aromatic rings. The Balaban J connectivity index is 1.45.